The molecule has 0 spiro atoms. The van der Waals surface area contributed by atoms with Gasteiger partial charge in [0.1, 0.15) is 5.75 Å². The lowest BCUT2D eigenvalue weighted by atomic mass is 9.96. The van der Waals surface area contributed by atoms with Crippen LogP contribution >= 0.6 is 15.9 Å². The van der Waals surface area contributed by atoms with Gasteiger partial charge >= 0.3 is 5.97 Å². The smallest absolute Gasteiger partial charge is 0.308 e. The van der Waals surface area contributed by atoms with Crippen LogP contribution in [0.15, 0.2) is 53.0 Å². The molecule has 1 saturated heterocycles. The van der Waals surface area contributed by atoms with Gasteiger partial charge < -0.3 is 15.0 Å². The summed E-state index contributed by atoms with van der Waals surface area (Å²) in [5.41, 5.74) is 1.48. The highest BCUT2D eigenvalue weighted by Crippen LogP contribution is 2.21. The van der Waals surface area contributed by atoms with Crippen molar-refractivity contribution in [3.8, 4) is 5.75 Å². The molecule has 0 bridgehead atoms. The molecule has 1 aliphatic heterocycles. The fourth-order valence-corrected chi connectivity index (χ4v) is 3.98. The Morgan fingerprint density at radius 1 is 1.10 bits per heavy atom. The quantitative estimate of drug-likeness (QED) is 0.514. The largest absolute Gasteiger partial charge is 0.427 e. The minimum Gasteiger partial charge on any atom is -0.427 e. The number of amides is 2. The molecule has 2 amide bonds. The van der Waals surface area contributed by atoms with Crippen LogP contribution < -0.4 is 10.1 Å². The van der Waals surface area contributed by atoms with E-state index in [1.807, 2.05) is 29.2 Å². The van der Waals surface area contributed by atoms with Crippen LogP contribution in [-0.4, -0.2) is 42.3 Å². The summed E-state index contributed by atoms with van der Waals surface area (Å²) in [5, 5.41) is 3.02. The van der Waals surface area contributed by atoms with Crippen LogP contribution in [0.2, 0.25) is 0 Å². The van der Waals surface area contributed by atoms with Gasteiger partial charge in [0, 0.05) is 36.6 Å². The monoisotopic (exact) mass is 472 g/mol. The van der Waals surface area contributed by atoms with E-state index in [1.54, 1.807) is 24.3 Å². The zero-order chi connectivity index (χ0) is 21.5. The molecule has 0 unspecified atom stereocenters. The van der Waals surface area contributed by atoms with Crippen LogP contribution in [0.4, 0.5) is 0 Å². The van der Waals surface area contributed by atoms with Crippen molar-refractivity contribution in [2.75, 3.05) is 19.6 Å². The van der Waals surface area contributed by atoms with Gasteiger partial charge in [-0.1, -0.05) is 34.1 Å². The van der Waals surface area contributed by atoms with Gasteiger partial charge in [-0.15, -0.1) is 0 Å². The Bertz CT molecular complexity index is 923. The fourth-order valence-electron chi connectivity index (χ4n) is 3.53. The minimum absolute atomic E-state index is 0.00823. The average molecular weight is 473 g/mol. The summed E-state index contributed by atoms with van der Waals surface area (Å²) in [6, 6.07) is 14.4. The lowest BCUT2D eigenvalue weighted by Gasteiger charge is -2.32. The van der Waals surface area contributed by atoms with Crippen molar-refractivity contribution in [1.82, 2.24) is 10.2 Å². The number of halogens is 1. The van der Waals surface area contributed by atoms with Crippen LogP contribution in [0.5, 0.6) is 5.75 Å². The van der Waals surface area contributed by atoms with Crippen molar-refractivity contribution in [2.45, 2.75) is 26.2 Å². The topological polar surface area (TPSA) is 75.7 Å². The second kappa shape index (κ2) is 10.4. The molecule has 0 radical (unpaired) electrons. The van der Waals surface area contributed by atoms with Crippen molar-refractivity contribution >= 4 is 33.7 Å². The molecule has 158 valence electrons. The first-order valence-electron chi connectivity index (χ1n) is 9.99. The Hall–Kier alpha value is -2.67. The molecule has 30 heavy (non-hydrogen) atoms. The van der Waals surface area contributed by atoms with E-state index in [2.05, 4.69) is 21.2 Å². The molecule has 0 saturated carbocycles. The highest BCUT2D eigenvalue weighted by molar-refractivity contribution is 9.10. The Balaban J connectivity index is 1.45. The highest BCUT2D eigenvalue weighted by Gasteiger charge is 2.24. The molecular formula is C23H25BrN2O4. The first-order chi connectivity index (χ1) is 14.4. The number of rotatable bonds is 6. The number of hydrogen-bond acceptors (Lipinski definition) is 4. The maximum absolute atomic E-state index is 12.8. The van der Waals surface area contributed by atoms with Gasteiger partial charge in [0.15, 0.2) is 0 Å². The van der Waals surface area contributed by atoms with Crippen molar-refractivity contribution in [1.29, 1.82) is 0 Å². The van der Waals surface area contributed by atoms with Crippen LogP contribution in [0, 0.1) is 5.92 Å². The average Bonchev–Trinajstić information content (AvgIpc) is 2.72. The molecule has 0 atom stereocenters. The first kappa shape index (κ1) is 22.0. The Labute approximate surface area is 184 Å². The van der Waals surface area contributed by atoms with Gasteiger partial charge in [-0.25, -0.2) is 0 Å². The number of carbonyl (C=O) groups is 3. The van der Waals surface area contributed by atoms with Crippen molar-refractivity contribution in [3.63, 3.8) is 0 Å². The van der Waals surface area contributed by atoms with E-state index < -0.39 is 5.97 Å². The second-order valence-corrected chi connectivity index (χ2v) is 8.38. The Morgan fingerprint density at radius 3 is 2.53 bits per heavy atom. The normalized spacial score (nSPS) is 14.3. The lowest BCUT2D eigenvalue weighted by Crippen LogP contribution is -2.41. The van der Waals surface area contributed by atoms with E-state index in [1.165, 1.54) is 6.92 Å². The van der Waals surface area contributed by atoms with E-state index in [4.69, 9.17) is 4.74 Å². The van der Waals surface area contributed by atoms with Gasteiger partial charge in [0.25, 0.3) is 5.91 Å². The van der Waals surface area contributed by atoms with Crippen molar-refractivity contribution in [2.24, 2.45) is 5.92 Å². The molecule has 2 aromatic carbocycles. The number of ether oxygens (including phenoxy) is 1. The number of hydrogen-bond donors (Lipinski definition) is 1. The van der Waals surface area contributed by atoms with Gasteiger partial charge in [-0.05, 0) is 54.7 Å². The van der Waals surface area contributed by atoms with Gasteiger partial charge in [0.2, 0.25) is 5.91 Å². The molecule has 3 rings (SSSR count). The van der Waals surface area contributed by atoms with Gasteiger partial charge in [-0.2, -0.15) is 0 Å². The summed E-state index contributed by atoms with van der Waals surface area (Å²) in [6.07, 6.45) is 2.04. The third kappa shape index (κ3) is 6.42. The standard InChI is InChI=1S/C23H25BrN2O4/c1-16(27)30-21-7-3-5-19(14-21)23(29)26-10-8-17(9-11-26)15-25-22(28)13-18-4-2-6-20(24)12-18/h2-7,12,14,17H,8-11,13,15H2,1H3,(H,25,28). The minimum atomic E-state index is -0.414. The lowest BCUT2D eigenvalue weighted by molar-refractivity contribution is -0.131. The number of nitrogens with zero attached hydrogens (tertiary/aromatic N) is 1. The molecule has 1 heterocycles. The Kier molecular flexibility index (Phi) is 7.63. The molecule has 2 aromatic rings. The number of piperidine rings is 1. The van der Waals surface area contributed by atoms with Gasteiger partial charge in [0.05, 0.1) is 6.42 Å². The van der Waals surface area contributed by atoms with E-state index >= 15 is 0 Å². The van der Waals surface area contributed by atoms with Crippen LogP contribution in [0.25, 0.3) is 0 Å². The molecule has 1 aliphatic rings. The summed E-state index contributed by atoms with van der Waals surface area (Å²) < 4.78 is 6.02. The summed E-state index contributed by atoms with van der Waals surface area (Å²) in [5.74, 6) is 0.252. The summed E-state index contributed by atoms with van der Waals surface area (Å²) in [4.78, 5) is 37.9. The van der Waals surface area contributed by atoms with E-state index in [0.29, 0.717) is 43.3 Å². The van der Waals surface area contributed by atoms with Gasteiger partial charge in [-0.3, -0.25) is 14.4 Å². The zero-order valence-electron chi connectivity index (χ0n) is 16.9. The molecule has 1 N–H and O–H groups in total. The molecule has 7 heteroatoms. The maximum Gasteiger partial charge on any atom is 0.308 e. The SMILES string of the molecule is CC(=O)Oc1cccc(C(=O)N2CCC(CNC(=O)Cc3cccc(Br)c3)CC2)c1. The third-order valence-corrected chi connectivity index (χ3v) is 5.58. The van der Waals surface area contributed by atoms with Crippen LogP contribution in [-0.2, 0) is 16.0 Å². The highest BCUT2D eigenvalue weighted by atomic mass is 79.9. The molecular weight excluding hydrogens is 448 g/mol. The number of nitrogens with one attached hydrogen (secondary N) is 1. The number of likely N-dealkylation sites (tertiary alicyclic amines) is 1. The van der Waals surface area contributed by atoms with Crippen LogP contribution in [0.1, 0.15) is 35.7 Å². The first-order valence-corrected chi connectivity index (χ1v) is 10.8. The van der Waals surface area contributed by atoms with Crippen LogP contribution in [0.3, 0.4) is 0 Å². The zero-order valence-corrected chi connectivity index (χ0v) is 18.5. The fraction of sp³-hybridized carbons (Fsp3) is 0.348. The summed E-state index contributed by atoms with van der Waals surface area (Å²) in [6.45, 7) is 3.24. The molecule has 1 fully saturated rings. The second-order valence-electron chi connectivity index (χ2n) is 7.47. The number of benzene rings is 2. The van der Waals surface area contributed by atoms with Crippen molar-refractivity contribution < 1.29 is 19.1 Å². The summed E-state index contributed by atoms with van der Waals surface area (Å²) >= 11 is 3.42. The third-order valence-electron chi connectivity index (χ3n) is 5.09. The molecule has 0 aromatic heterocycles. The Morgan fingerprint density at radius 2 is 1.83 bits per heavy atom. The predicted octanol–water partition coefficient (Wildman–Crippen LogP) is 3.59. The number of carbonyl (C=O) groups excluding carboxylic acids is 3. The number of esters is 1. The predicted molar refractivity (Wildman–Crippen MR) is 117 cm³/mol. The van der Waals surface area contributed by atoms with E-state index in [-0.39, 0.29) is 11.8 Å². The van der Waals surface area contributed by atoms with E-state index in [9.17, 15) is 14.4 Å². The molecule has 0 aliphatic carbocycles. The molecule has 6 nitrogen and oxygen atoms in total. The maximum atomic E-state index is 12.8. The van der Waals surface area contributed by atoms with E-state index in [0.717, 1.165) is 22.9 Å². The van der Waals surface area contributed by atoms with Crippen molar-refractivity contribution in [3.05, 3.63) is 64.1 Å². The summed E-state index contributed by atoms with van der Waals surface area (Å²) in [7, 11) is 0.